The number of benzene rings is 1. The average molecular weight is 474 g/mol. The second-order valence-electron chi connectivity index (χ2n) is 7.27. The minimum atomic E-state index is -0.421. The van der Waals surface area contributed by atoms with Crippen LogP contribution in [0.3, 0.4) is 0 Å². The molecule has 9 nitrogen and oxygen atoms in total. The van der Waals surface area contributed by atoms with Gasteiger partial charge in [-0.05, 0) is 57.4 Å². The molecule has 0 bridgehead atoms. The van der Waals surface area contributed by atoms with Crippen LogP contribution >= 0.6 is 23.1 Å². The van der Waals surface area contributed by atoms with Gasteiger partial charge in [0.05, 0.1) is 11.7 Å². The highest BCUT2D eigenvalue weighted by Gasteiger charge is 2.22. The molecule has 170 valence electrons. The van der Waals surface area contributed by atoms with Gasteiger partial charge in [0.2, 0.25) is 16.9 Å². The number of aromatic nitrogens is 5. The third kappa shape index (κ3) is 5.92. The van der Waals surface area contributed by atoms with Gasteiger partial charge < -0.3 is 9.88 Å². The van der Waals surface area contributed by atoms with E-state index in [1.807, 2.05) is 50.5 Å². The number of anilines is 2. The highest BCUT2D eigenvalue weighted by atomic mass is 32.2. The first-order chi connectivity index (χ1) is 15.3. The van der Waals surface area contributed by atoms with Crippen molar-refractivity contribution in [3.05, 3.63) is 40.2 Å². The zero-order valence-corrected chi connectivity index (χ0v) is 20.4. The van der Waals surface area contributed by atoms with Gasteiger partial charge in [0.1, 0.15) is 10.8 Å². The van der Waals surface area contributed by atoms with E-state index in [0.717, 1.165) is 22.7 Å². The van der Waals surface area contributed by atoms with E-state index < -0.39 is 5.25 Å². The van der Waals surface area contributed by atoms with E-state index in [9.17, 15) is 9.59 Å². The molecule has 0 fully saturated rings. The van der Waals surface area contributed by atoms with E-state index in [4.69, 9.17) is 0 Å². The monoisotopic (exact) mass is 473 g/mol. The fourth-order valence-corrected chi connectivity index (χ4v) is 4.50. The van der Waals surface area contributed by atoms with Crippen molar-refractivity contribution in [2.75, 3.05) is 10.6 Å². The van der Waals surface area contributed by atoms with Gasteiger partial charge >= 0.3 is 0 Å². The van der Waals surface area contributed by atoms with Crippen LogP contribution in [0.15, 0.2) is 23.4 Å². The molecule has 1 aromatic carbocycles. The lowest BCUT2D eigenvalue weighted by Gasteiger charge is -2.12. The third-order valence-electron chi connectivity index (χ3n) is 4.87. The Hall–Kier alpha value is -2.79. The van der Waals surface area contributed by atoms with Gasteiger partial charge in [-0.15, -0.1) is 20.4 Å². The van der Waals surface area contributed by atoms with Crippen LogP contribution in [0.25, 0.3) is 0 Å². The molecular weight excluding hydrogens is 446 g/mol. The molecule has 1 unspecified atom stereocenters. The Kier molecular flexibility index (Phi) is 7.97. The minimum absolute atomic E-state index is 0.0967. The average Bonchev–Trinajstić information content (AvgIpc) is 3.37. The number of nitrogens with one attached hydrogen (secondary N) is 2. The number of nitrogens with zero attached hydrogens (tertiary/aromatic N) is 5. The van der Waals surface area contributed by atoms with Crippen LogP contribution in [0.2, 0.25) is 0 Å². The second kappa shape index (κ2) is 10.7. The first-order valence-electron chi connectivity index (χ1n) is 10.4. The minimum Gasteiger partial charge on any atom is -0.326 e. The molecule has 2 aromatic heterocycles. The van der Waals surface area contributed by atoms with Crippen molar-refractivity contribution in [2.24, 2.45) is 0 Å². The number of carbonyl (C=O) groups is 2. The number of amides is 2. The molecule has 0 aliphatic rings. The summed E-state index contributed by atoms with van der Waals surface area (Å²) in [4.78, 5) is 25.1. The molecule has 0 spiro atoms. The summed E-state index contributed by atoms with van der Waals surface area (Å²) in [6.07, 6.45) is 0.872. The molecule has 2 N–H and O–H groups in total. The standard InChI is InChI=1S/C21H27N7O2S2/c1-6-18-25-26-20(32-18)23-19(30)14(5)31-21-27-24-16(28(21)7-2)11-17(29)22-15-9-8-12(3)13(4)10-15/h8-10,14H,6-7,11H2,1-5H3,(H,22,29)(H,23,26,30). The summed E-state index contributed by atoms with van der Waals surface area (Å²) in [5, 5.41) is 23.6. The second-order valence-corrected chi connectivity index (χ2v) is 9.64. The highest BCUT2D eigenvalue weighted by Crippen LogP contribution is 2.25. The van der Waals surface area contributed by atoms with E-state index in [-0.39, 0.29) is 18.2 Å². The molecule has 11 heteroatoms. The van der Waals surface area contributed by atoms with Crippen molar-refractivity contribution in [1.82, 2.24) is 25.0 Å². The Morgan fingerprint density at radius 3 is 2.53 bits per heavy atom. The van der Waals surface area contributed by atoms with Crippen LogP contribution in [-0.4, -0.2) is 42.0 Å². The van der Waals surface area contributed by atoms with Crippen molar-refractivity contribution in [1.29, 1.82) is 0 Å². The number of hydrogen-bond acceptors (Lipinski definition) is 8. The van der Waals surface area contributed by atoms with Gasteiger partial charge in [-0.1, -0.05) is 36.1 Å². The van der Waals surface area contributed by atoms with Crippen molar-refractivity contribution in [3.8, 4) is 0 Å². The maximum absolute atomic E-state index is 12.5. The van der Waals surface area contributed by atoms with E-state index in [1.165, 1.54) is 28.7 Å². The van der Waals surface area contributed by atoms with Crippen molar-refractivity contribution < 1.29 is 9.59 Å². The van der Waals surface area contributed by atoms with Gasteiger partial charge in [-0.3, -0.25) is 14.9 Å². The maximum Gasteiger partial charge on any atom is 0.239 e. The molecule has 0 aliphatic heterocycles. The summed E-state index contributed by atoms with van der Waals surface area (Å²) in [5.74, 6) is 0.204. The van der Waals surface area contributed by atoms with Gasteiger partial charge in [0.15, 0.2) is 5.16 Å². The summed E-state index contributed by atoms with van der Waals surface area (Å²) < 4.78 is 1.86. The van der Waals surface area contributed by atoms with E-state index >= 15 is 0 Å². The lowest BCUT2D eigenvalue weighted by molar-refractivity contribution is -0.116. The van der Waals surface area contributed by atoms with Crippen LogP contribution in [-0.2, 0) is 29.0 Å². The molecule has 0 aliphatic carbocycles. The molecule has 0 radical (unpaired) electrons. The molecule has 2 heterocycles. The Balaban J connectivity index is 1.62. The quantitative estimate of drug-likeness (QED) is 0.456. The van der Waals surface area contributed by atoms with Gasteiger partial charge in [-0.25, -0.2) is 0 Å². The Morgan fingerprint density at radius 2 is 1.88 bits per heavy atom. The van der Waals surface area contributed by atoms with Gasteiger partial charge in [-0.2, -0.15) is 0 Å². The smallest absolute Gasteiger partial charge is 0.239 e. The number of aryl methyl sites for hydroxylation is 3. The van der Waals surface area contributed by atoms with Crippen molar-refractivity contribution in [2.45, 2.75) is 64.4 Å². The topological polar surface area (TPSA) is 115 Å². The first kappa shape index (κ1) is 23.9. The third-order valence-corrected chi connectivity index (χ3v) is 6.93. The predicted molar refractivity (Wildman–Crippen MR) is 127 cm³/mol. The number of hydrogen-bond donors (Lipinski definition) is 2. The number of thioether (sulfide) groups is 1. The lowest BCUT2D eigenvalue weighted by Crippen LogP contribution is -2.23. The molecule has 0 saturated carbocycles. The largest absolute Gasteiger partial charge is 0.326 e. The van der Waals surface area contributed by atoms with E-state index in [0.29, 0.717) is 22.7 Å². The Morgan fingerprint density at radius 1 is 1.09 bits per heavy atom. The summed E-state index contributed by atoms with van der Waals surface area (Å²) in [7, 11) is 0. The van der Waals surface area contributed by atoms with Crippen LogP contribution < -0.4 is 10.6 Å². The lowest BCUT2D eigenvalue weighted by atomic mass is 10.1. The van der Waals surface area contributed by atoms with Crippen LogP contribution in [0, 0.1) is 13.8 Å². The zero-order chi connectivity index (χ0) is 23.3. The fourth-order valence-electron chi connectivity index (χ4n) is 2.89. The predicted octanol–water partition coefficient (Wildman–Crippen LogP) is 3.63. The van der Waals surface area contributed by atoms with Crippen molar-refractivity contribution in [3.63, 3.8) is 0 Å². The van der Waals surface area contributed by atoms with Crippen molar-refractivity contribution >= 4 is 45.7 Å². The molecule has 0 saturated heterocycles. The molecule has 3 rings (SSSR count). The van der Waals surface area contributed by atoms with Crippen LogP contribution in [0.5, 0.6) is 0 Å². The van der Waals surface area contributed by atoms with E-state index in [1.54, 1.807) is 6.92 Å². The summed E-state index contributed by atoms with van der Waals surface area (Å²) in [6.45, 7) is 10.4. The number of rotatable bonds is 9. The first-order valence-corrected chi connectivity index (χ1v) is 12.1. The Labute approximate surface area is 195 Å². The van der Waals surface area contributed by atoms with Gasteiger partial charge in [0.25, 0.3) is 0 Å². The summed E-state index contributed by atoms with van der Waals surface area (Å²) >= 11 is 2.66. The zero-order valence-electron chi connectivity index (χ0n) is 18.8. The van der Waals surface area contributed by atoms with Gasteiger partial charge in [0, 0.05) is 12.2 Å². The molecule has 1 atom stereocenters. The normalized spacial score (nSPS) is 11.9. The van der Waals surface area contributed by atoms with Crippen LogP contribution in [0.4, 0.5) is 10.8 Å². The fraction of sp³-hybridized carbons (Fsp3) is 0.429. The SMILES string of the molecule is CCc1nnc(NC(=O)C(C)Sc2nnc(CC(=O)Nc3ccc(C)c(C)c3)n2CC)s1. The van der Waals surface area contributed by atoms with E-state index in [2.05, 4.69) is 31.0 Å². The highest BCUT2D eigenvalue weighted by molar-refractivity contribution is 8.00. The maximum atomic E-state index is 12.5. The summed E-state index contributed by atoms with van der Waals surface area (Å²) in [6, 6.07) is 5.81. The number of carbonyl (C=O) groups excluding carboxylic acids is 2. The molecular formula is C21H27N7O2S2. The molecule has 3 aromatic rings. The molecule has 2 amide bonds. The summed E-state index contributed by atoms with van der Waals surface area (Å²) in [5.41, 5.74) is 3.04. The molecule has 32 heavy (non-hydrogen) atoms. The Bertz CT molecular complexity index is 1110. The van der Waals surface area contributed by atoms with Crippen LogP contribution in [0.1, 0.15) is 42.7 Å².